The van der Waals surface area contributed by atoms with E-state index in [9.17, 15) is 20.1 Å². The summed E-state index contributed by atoms with van der Waals surface area (Å²) in [6.45, 7) is 2.73. The van der Waals surface area contributed by atoms with Crippen molar-refractivity contribution in [1.82, 2.24) is 0 Å². The van der Waals surface area contributed by atoms with Gasteiger partial charge in [0.1, 0.15) is 18.5 Å². The van der Waals surface area contributed by atoms with Crippen molar-refractivity contribution in [2.75, 3.05) is 6.61 Å². The average Bonchev–Trinajstić information content (AvgIpc) is 2.96. The third-order valence-corrected chi connectivity index (χ3v) is 3.62. The van der Waals surface area contributed by atoms with Crippen molar-refractivity contribution in [3.63, 3.8) is 0 Å². The van der Waals surface area contributed by atoms with Gasteiger partial charge in [0.05, 0.1) is 22.6 Å². The van der Waals surface area contributed by atoms with E-state index in [2.05, 4.69) is 0 Å². The molecule has 0 aliphatic rings. The molecule has 0 saturated heterocycles. The first-order chi connectivity index (χ1) is 10.8. The smallest absolute Gasteiger partial charge is 0.336 e. The van der Waals surface area contributed by atoms with Crippen molar-refractivity contribution in [1.29, 1.82) is 0 Å². The molecule has 2 heterocycles. The van der Waals surface area contributed by atoms with E-state index >= 15 is 0 Å². The largest absolute Gasteiger partial charge is 0.502 e. The zero-order valence-electron chi connectivity index (χ0n) is 12.6. The Labute approximate surface area is 130 Å². The maximum Gasteiger partial charge on any atom is 0.336 e. The van der Waals surface area contributed by atoms with E-state index in [-0.39, 0.29) is 29.3 Å². The molecular weight excluding hydrogens is 304 g/mol. The summed E-state index contributed by atoms with van der Waals surface area (Å²) in [6.07, 6.45) is 0.227. The Bertz CT molecular complexity index is 914. The minimum Gasteiger partial charge on any atom is -0.502 e. The lowest BCUT2D eigenvalue weighted by Crippen LogP contribution is -2.40. The van der Waals surface area contributed by atoms with Gasteiger partial charge in [-0.05, 0) is 26.0 Å². The SMILES string of the molecule is CC(C)(O)C(O)COc1c2ccoc2c(O)c2oc(=O)ccc12. The molecule has 0 aliphatic heterocycles. The number of aliphatic hydroxyl groups excluding tert-OH is 1. The number of rotatable bonds is 4. The molecule has 7 nitrogen and oxygen atoms in total. The predicted molar refractivity (Wildman–Crippen MR) is 81.7 cm³/mol. The molecule has 3 N–H and O–H groups in total. The van der Waals surface area contributed by atoms with E-state index in [1.807, 2.05) is 0 Å². The Morgan fingerprint density at radius 2 is 1.91 bits per heavy atom. The van der Waals surface area contributed by atoms with Gasteiger partial charge in [-0.1, -0.05) is 0 Å². The normalized spacial score (nSPS) is 13.6. The van der Waals surface area contributed by atoms with Crippen molar-refractivity contribution in [2.24, 2.45) is 0 Å². The number of phenols is 1. The van der Waals surface area contributed by atoms with E-state index < -0.39 is 17.3 Å². The van der Waals surface area contributed by atoms with Crippen LogP contribution >= 0.6 is 0 Å². The molecule has 1 atom stereocenters. The van der Waals surface area contributed by atoms with Crippen LogP contribution < -0.4 is 10.4 Å². The number of aliphatic hydroxyl groups is 2. The van der Waals surface area contributed by atoms with Crippen LogP contribution in [0.4, 0.5) is 0 Å². The van der Waals surface area contributed by atoms with Crippen molar-refractivity contribution < 1.29 is 28.9 Å². The van der Waals surface area contributed by atoms with Crippen LogP contribution in [0.2, 0.25) is 0 Å². The highest BCUT2D eigenvalue weighted by Crippen LogP contribution is 2.42. The van der Waals surface area contributed by atoms with Crippen LogP contribution in [0, 0.1) is 0 Å². The number of phenolic OH excluding ortho intramolecular Hbond substituents is 1. The lowest BCUT2D eigenvalue weighted by Gasteiger charge is -2.24. The number of fused-ring (bicyclic) bond motifs is 2. The Morgan fingerprint density at radius 3 is 2.61 bits per heavy atom. The Hall–Kier alpha value is -2.51. The van der Waals surface area contributed by atoms with Gasteiger partial charge in [-0.2, -0.15) is 0 Å². The number of aromatic hydroxyl groups is 1. The average molecular weight is 320 g/mol. The van der Waals surface area contributed by atoms with Gasteiger partial charge in [0.15, 0.2) is 11.2 Å². The van der Waals surface area contributed by atoms with Gasteiger partial charge in [-0.3, -0.25) is 0 Å². The number of hydrogen-bond donors (Lipinski definition) is 3. The molecule has 1 unspecified atom stereocenters. The van der Waals surface area contributed by atoms with Gasteiger partial charge >= 0.3 is 5.63 Å². The van der Waals surface area contributed by atoms with Gasteiger partial charge in [0, 0.05) is 6.07 Å². The third kappa shape index (κ3) is 2.64. The standard InChI is InChI=1S/C16H16O7/c1-16(2,20)10(17)7-22-13-8-3-4-11(18)23-15(8)12(19)14-9(13)5-6-21-14/h3-6,10,17,19-20H,7H2,1-2H3. The Balaban J connectivity index is 2.15. The first-order valence-corrected chi connectivity index (χ1v) is 6.98. The number of benzene rings is 1. The molecule has 0 saturated carbocycles. The van der Waals surface area contributed by atoms with E-state index in [1.165, 1.54) is 32.2 Å². The summed E-state index contributed by atoms with van der Waals surface area (Å²) in [5.74, 6) is -0.0123. The molecule has 0 spiro atoms. The molecule has 3 rings (SSSR count). The molecule has 23 heavy (non-hydrogen) atoms. The maximum atomic E-state index is 11.4. The van der Waals surface area contributed by atoms with Crippen LogP contribution in [-0.2, 0) is 0 Å². The minimum absolute atomic E-state index is 0.0623. The zero-order valence-corrected chi connectivity index (χ0v) is 12.6. The topological polar surface area (TPSA) is 113 Å². The summed E-state index contributed by atoms with van der Waals surface area (Å²) in [7, 11) is 0. The van der Waals surface area contributed by atoms with Crippen LogP contribution in [0.15, 0.2) is 38.1 Å². The monoisotopic (exact) mass is 320 g/mol. The highest BCUT2D eigenvalue weighted by Gasteiger charge is 2.26. The number of ether oxygens (including phenoxy) is 1. The van der Waals surface area contributed by atoms with E-state index in [0.29, 0.717) is 10.8 Å². The van der Waals surface area contributed by atoms with Crippen molar-refractivity contribution in [3.8, 4) is 11.5 Å². The zero-order chi connectivity index (χ0) is 16.8. The summed E-state index contributed by atoms with van der Waals surface area (Å²) in [5, 5.41) is 30.7. The summed E-state index contributed by atoms with van der Waals surface area (Å²) < 4.78 is 15.9. The highest BCUT2D eigenvalue weighted by molar-refractivity contribution is 6.06. The molecular formula is C16H16O7. The molecule has 2 aromatic heterocycles. The van der Waals surface area contributed by atoms with Gasteiger partial charge in [-0.15, -0.1) is 0 Å². The summed E-state index contributed by atoms with van der Waals surface area (Å²) >= 11 is 0. The molecule has 1 aromatic carbocycles. The van der Waals surface area contributed by atoms with E-state index in [4.69, 9.17) is 13.6 Å². The van der Waals surface area contributed by atoms with E-state index in [1.54, 1.807) is 6.07 Å². The molecule has 0 radical (unpaired) electrons. The predicted octanol–water partition coefficient (Wildman–Crippen LogP) is 1.76. The molecule has 0 bridgehead atoms. The van der Waals surface area contributed by atoms with E-state index in [0.717, 1.165) is 0 Å². The fourth-order valence-corrected chi connectivity index (χ4v) is 2.21. The second-order valence-corrected chi connectivity index (χ2v) is 5.82. The second-order valence-electron chi connectivity index (χ2n) is 5.82. The lowest BCUT2D eigenvalue weighted by atomic mass is 10.0. The summed E-state index contributed by atoms with van der Waals surface area (Å²) in [6, 6.07) is 4.25. The van der Waals surface area contributed by atoms with Crippen LogP contribution in [-0.4, -0.2) is 33.6 Å². The van der Waals surface area contributed by atoms with Crippen LogP contribution in [0.1, 0.15) is 13.8 Å². The Kier molecular flexibility index (Phi) is 3.54. The van der Waals surface area contributed by atoms with Crippen molar-refractivity contribution in [3.05, 3.63) is 34.9 Å². The second kappa shape index (κ2) is 5.29. The van der Waals surface area contributed by atoms with Gasteiger partial charge in [0.2, 0.25) is 5.75 Å². The van der Waals surface area contributed by atoms with Crippen LogP contribution in [0.25, 0.3) is 21.9 Å². The highest BCUT2D eigenvalue weighted by atomic mass is 16.5. The quantitative estimate of drug-likeness (QED) is 0.628. The fraction of sp³-hybridized carbons (Fsp3) is 0.312. The van der Waals surface area contributed by atoms with Gasteiger partial charge in [-0.25, -0.2) is 4.79 Å². The molecule has 0 fully saturated rings. The summed E-state index contributed by atoms with van der Waals surface area (Å²) in [4.78, 5) is 11.4. The molecule has 122 valence electrons. The lowest BCUT2D eigenvalue weighted by molar-refractivity contribution is -0.0658. The minimum atomic E-state index is -1.34. The van der Waals surface area contributed by atoms with Gasteiger partial charge in [0.25, 0.3) is 0 Å². The first kappa shape index (κ1) is 15.4. The van der Waals surface area contributed by atoms with Crippen LogP contribution in [0.3, 0.4) is 0 Å². The molecule has 0 aliphatic carbocycles. The fourth-order valence-electron chi connectivity index (χ4n) is 2.21. The maximum absolute atomic E-state index is 11.4. The van der Waals surface area contributed by atoms with Gasteiger partial charge < -0.3 is 28.9 Å². The number of furan rings is 1. The Morgan fingerprint density at radius 1 is 1.22 bits per heavy atom. The number of hydrogen-bond acceptors (Lipinski definition) is 7. The first-order valence-electron chi connectivity index (χ1n) is 6.98. The summed E-state index contributed by atoms with van der Waals surface area (Å²) in [5.41, 5.74) is -1.91. The molecule has 0 amide bonds. The van der Waals surface area contributed by atoms with Crippen molar-refractivity contribution in [2.45, 2.75) is 25.6 Å². The third-order valence-electron chi connectivity index (χ3n) is 3.62. The molecule has 7 heteroatoms. The van der Waals surface area contributed by atoms with Crippen LogP contribution in [0.5, 0.6) is 11.5 Å². The van der Waals surface area contributed by atoms with Crippen molar-refractivity contribution >= 4 is 21.9 Å². The molecule has 3 aromatic rings.